The van der Waals surface area contributed by atoms with Gasteiger partial charge in [0.05, 0.1) is 4.90 Å². The molecule has 1 fully saturated rings. The molecule has 0 spiro atoms. The third kappa shape index (κ3) is 2.32. The van der Waals surface area contributed by atoms with Gasteiger partial charge in [0.25, 0.3) is 0 Å². The average Bonchev–Trinajstić information content (AvgIpc) is 3.00. The van der Waals surface area contributed by atoms with Crippen LogP contribution in [0.4, 0.5) is 0 Å². The second kappa shape index (κ2) is 4.01. The summed E-state index contributed by atoms with van der Waals surface area (Å²) in [6.45, 7) is 1.74. The SMILES string of the molecule is Cc1ccccc1S(=O)(=O)CC(=O)C1CC1. The van der Waals surface area contributed by atoms with Crippen LogP contribution in [0.3, 0.4) is 0 Å². The van der Waals surface area contributed by atoms with Crippen molar-refractivity contribution >= 4 is 15.6 Å². The molecule has 0 N–H and O–H groups in total. The number of sulfone groups is 1. The summed E-state index contributed by atoms with van der Waals surface area (Å²) in [7, 11) is -3.44. The van der Waals surface area contributed by atoms with E-state index < -0.39 is 9.84 Å². The molecule has 0 saturated heterocycles. The molecular weight excluding hydrogens is 224 g/mol. The lowest BCUT2D eigenvalue weighted by Gasteiger charge is -2.06. The van der Waals surface area contributed by atoms with E-state index in [1.165, 1.54) is 0 Å². The van der Waals surface area contributed by atoms with Crippen molar-refractivity contribution in [1.82, 2.24) is 0 Å². The fourth-order valence-electron chi connectivity index (χ4n) is 1.69. The molecule has 0 amide bonds. The molecule has 4 heteroatoms. The smallest absolute Gasteiger partial charge is 0.185 e. The Morgan fingerprint density at radius 1 is 1.31 bits per heavy atom. The van der Waals surface area contributed by atoms with E-state index in [0.29, 0.717) is 5.56 Å². The maximum absolute atomic E-state index is 12.0. The van der Waals surface area contributed by atoms with Crippen LogP contribution in [0, 0.1) is 12.8 Å². The van der Waals surface area contributed by atoms with E-state index in [-0.39, 0.29) is 22.3 Å². The van der Waals surface area contributed by atoms with Gasteiger partial charge in [-0.15, -0.1) is 0 Å². The number of hydrogen-bond donors (Lipinski definition) is 0. The first-order chi connectivity index (χ1) is 7.50. The van der Waals surface area contributed by atoms with E-state index in [0.717, 1.165) is 12.8 Å². The first-order valence-electron chi connectivity index (χ1n) is 5.32. The van der Waals surface area contributed by atoms with E-state index in [1.807, 2.05) is 0 Å². The number of rotatable bonds is 4. The summed E-state index contributed by atoms with van der Waals surface area (Å²) in [6.07, 6.45) is 1.70. The van der Waals surface area contributed by atoms with Crippen LogP contribution < -0.4 is 0 Å². The van der Waals surface area contributed by atoms with Crippen molar-refractivity contribution in [2.24, 2.45) is 5.92 Å². The normalized spacial score (nSPS) is 16.1. The van der Waals surface area contributed by atoms with Gasteiger partial charge in [0.15, 0.2) is 15.6 Å². The van der Waals surface area contributed by atoms with Gasteiger partial charge in [-0.05, 0) is 31.4 Å². The molecule has 3 nitrogen and oxygen atoms in total. The summed E-state index contributed by atoms with van der Waals surface area (Å²) in [5, 5.41) is 0. The molecule has 0 heterocycles. The largest absolute Gasteiger partial charge is 0.298 e. The predicted octanol–water partition coefficient (Wildman–Crippen LogP) is 1.75. The van der Waals surface area contributed by atoms with Gasteiger partial charge in [0, 0.05) is 5.92 Å². The summed E-state index contributed by atoms with van der Waals surface area (Å²) in [5.74, 6) is -0.482. The van der Waals surface area contributed by atoms with Crippen molar-refractivity contribution in [2.45, 2.75) is 24.7 Å². The fraction of sp³-hybridized carbons (Fsp3) is 0.417. The highest BCUT2D eigenvalue weighted by Crippen LogP contribution is 2.31. The Morgan fingerprint density at radius 2 is 1.94 bits per heavy atom. The van der Waals surface area contributed by atoms with Gasteiger partial charge in [0.1, 0.15) is 5.75 Å². The monoisotopic (exact) mass is 238 g/mol. The van der Waals surface area contributed by atoms with Crippen LogP contribution in [0.1, 0.15) is 18.4 Å². The van der Waals surface area contributed by atoms with Gasteiger partial charge in [-0.3, -0.25) is 4.79 Å². The van der Waals surface area contributed by atoms with Gasteiger partial charge in [0.2, 0.25) is 0 Å². The minimum absolute atomic E-state index is 0.00112. The van der Waals surface area contributed by atoms with Crippen molar-refractivity contribution in [1.29, 1.82) is 0 Å². The Balaban J connectivity index is 2.25. The van der Waals surface area contributed by atoms with Crippen molar-refractivity contribution < 1.29 is 13.2 Å². The molecular formula is C12H14O3S. The van der Waals surface area contributed by atoms with Crippen LogP contribution >= 0.6 is 0 Å². The van der Waals surface area contributed by atoms with E-state index >= 15 is 0 Å². The molecule has 2 rings (SSSR count). The van der Waals surface area contributed by atoms with Crippen LogP contribution in [-0.2, 0) is 14.6 Å². The molecule has 0 radical (unpaired) electrons. The lowest BCUT2D eigenvalue weighted by molar-refractivity contribution is -0.117. The van der Waals surface area contributed by atoms with Crippen LogP contribution in [0.25, 0.3) is 0 Å². The lowest BCUT2D eigenvalue weighted by Crippen LogP contribution is -2.18. The van der Waals surface area contributed by atoms with Crippen LogP contribution in [0.5, 0.6) is 0 Å². The highest BCUT2D eigenvalue weighted by Gasteiger charge is 2.33. The second-order valence-electron chi connectivity index (χ2n) is 4.27. The summed E-state index contributed by atoms with van der Waals surface area (Å²) >= 11 is 0. The topological polar surface area (TPSA) is 51.2 Å². The molecule has 86 valence electrons. The summed E-state index contributed by atoms with van der Waals surface area (Å²) in [6, 6.07) is 6.78. The zero-order valence-corrected chi connectivity index (χ0v) is 9.96. The van der Waals surface area contributed by atoms with Gasteiger partial charge in [-0.1, -0.05) is 18.2 Å². The number of carbonyl (C=O) groups excluding carboxylic acids is 1. The summed E-state index contributed by atoms with van der Waals surface area (Å²) < 4.78 is 23.9. The number of carbonyl (C=O) groups is 1. The maximum Gasteiger partial charge on any atom is 0.185 e. The van der Waals surface area contributed by atoms with Crippen molar-refractivity contribution in [3.8, 4) is 0 Å². The lowest BCUT2D eigenvalue weighted by atomic mass is 10.2. The first kappa shape index (κ1) is 11.3. The van der Waals surface area contributed by atoms with Crippen LogP contribution in [0.15, 0.2) is 29.2 Å². The minimum Gasteiger partial charge on any atom is -0.298 e. The standard InChI is InChI=1S/C12H14O3S/c1-9-4-2-3-5-12(9)16(14,15)8-11(13)10-6-7-10/h2-5,10H,6-8H2,1H3. The molecule has 16 heavy (non-hydrogen) atoms. The van der Waals surface area contributed by atoms with Crippen molar-refractivity contribution in [3.63, 3.8) is 0 Å². The van der Waals surface area contributed by atoms with E-state index in [9.17, 15) is 13.2 Å². The van der Waals surface area contributed by atoms with Crippen molar-refractivity contribution in [3.05, 3.63) is 29.8 Å². The molecule has 1 aliphatic carbocycles. The first-order valence-corrected chi connectivity index (χ1v) is 6.97. The molecule has 1 aromatic rings. The van der Waals surface area contributed by atoms with E-state index in [2.05, 4.69) is 0 Å². The van der Waals surface area contributed by atoms with Crippen LogP contribution in [-0.4, -0.2) is 20.0 Å². The number of benzene rings is 1. The second-order valence-corrected chi connectivity index (χ2v) is 6.22. The Labute approximate surface area is 95.4 Å². The Kier molecular flexibility index (Phi) is 2.84. The van der Waals surface area contributed by atoms with E-state index in [1.54, 1.807) is 31.2 Å². The van der Waals surface area contributed by atoms with Gasteiger partial charge < -0.3 is 0 Å². The summed E-state index contributed by atoms with van der Waals surface area (Å²) in [4.78, 5) is 11.8. The number of aryl methyl sites for hydroxylation is 1. The van der Waals surface area contributed by atoms with Gasteiger partial charge in [-0.25, -0.2) is 8.42 Å². The van der Waals surface area contributed by atoms with Crippen molar-refractivity contribution in [2.75, 3.05) is 5.75 Å². The zero-order valence-electron chi connectivity index (χ0n) is 9.14. The number of hydrogen-bond acceptors (Lipinski definition) is 3. The Bertz CT molecular complexity index is 513. The quantitative estimate of drug-likeness (QED) is 0.803. The zero-order chi connectivity index (χ0) is 11.8. The Morgan fingerprint density at radius 3 is 2.50 bits per heavy atom. The third-order valence-corrected chi connectivity index (χ3v) is 4.59. The van der Waals surface area contributed by atoms with E-state index in [4.69, 9.17) is 0 Å². The van der Waals surface area contributed by atoms with Crippen LogP contribution in [0.2, 0.25) is 0 Å². The average molecular weight is 238 g/mol. The molecule has 0 aliphatic heterocycles. The predicted molar refractivity (Wildman–Crippen MR) is 61.0 cm³/mol. The molecule has 1 saturated carbocycles. The highest BCUT2D eigenvalue weighted by molar-refractivity contribution is 7.92. The maximum atomic E-state index is 12.0. The van der Waals surface area contributed by atoms with Gasteiger partial charge in [-0.2, -0.15) is 0 Å². The minimum atomic E-state index is -3.44. The molecule has 1 aliphatic rings. The van der Waals surface area contributed by atoms with Gasteiger partial charge >= 0.3 is 0 Å². The molecule has 0 atom stereocenters. The molecule has 1 aromatic carbocycles. The fourth-order valence-corrected chi connectivity index (χ4v) is 3.30. The number of ketones is 1. The summed E-state index contributed by atoms with van der Waals surface area (Å²) in [5.41, 5.74) is 0.700. The number of Topliss-reactive ketones (excluding diaryl/α,β-unsaturated/α-hetero) is 1. The molecule has 0 bridgehead atoms. The highest BCUT2D eigenvalue weighted by atomic mass is 32.2. The molecule has 0 aromatic heterocycles. The molecule has 0 unspecified atom stereocenters. The third-order valence-electron chi connectivity index (χ3n) is 2.79. The Hall–Kier alpha value is -1.16.